The van der Waals surface area contributed by atoms with Crippen molar-refractivity contribution < 1.29 is 23.9 Å². The summed E-state index contributed by atoms with van der Waals surface area (Å²) >= 11 is 0. The van der Waals surface area contributed by atoms with Crippen LogP contribution < -0.4 is 0 Å². The second-order valence-electron chi connectivity index (χ2n) is 11.9. The number of esters is 1. The monoisotopic (exact) mass is 584 g/mol. The summed E-state index contributed by atoms with van der Waals surface area (Å²) in [6.07, 6.45) is 14.9. The fraction of sp³-hybridized carbons (Fsp3) is 0.500. The molecule has 0 radical (unpaired) electrons. The van der Waals surface area contributed by atoms with Crippen molar-refractivity contribution in [2.45, 2.75) is 103 Å². The van der Waals surface area contributed by atoms with Gasteiger partial charge in [0, 0.05) is 30.5 Å². The van der Waals surface area contributed by atoms with E-state index in [0.29, 0.717) is 37.1 Å². The van der Waals surface area contributed by atoms with Gasteiger partial charge in [0.25, 0.3) is 11.8 Å². The average Bonchev–Trinajstić information content (AvgIpc) is 3.49. The maximum absolute atomic E-state index is 13.1. The lowest BCUT2D eigenvalue weighted by atomic mass is 9.95. The molecule has 0 saturated heterocycles. The quantitative estimate of drug-likeness (QED) is 0.0979. The van der Waals surface area contributed by atoms with E-state index < -0.39 is 0 Å². The van der Waals surface area contributed by atoms with Gasteiger partial charge in [0.05, 0.1) is 23.3 Å². The van der Waals surface area contributed by atoms with Crippen LogP contribution in [-0.4, -0.2) is 46.3 Å². The third-order valence-corrected chi connectivity index (χ3v) is 8.87. The summed E-state index contributed by atoms with van der Waals surface area (Å²) in [5.41, 5.74) is 4.54. The maximum atomic E-state index is 13.1. The van der Waals surface area contributed by atoms with Crippen LogP contribution in [0.2, 0.25) is 0 Å². The molecule has 7 heteroatoms. The number of hydrogen-bond acceptors (Lipinski definition) is 5. The second kappa shape index (κ2) is 15.1. The number of amides is 2. The van der Waals surface area contributed by atoms with E-state index in [1.165, 1.54) is 34.4 Å². The van der Waals surface area contributed by atoms with Crippen LogP contribution in [-0.2, 0) is 22.4 Å². The van der Waals surface area contributed by atoms with Crippen molar-refractivity contribution in [1.29, 1.82) is 0 Å². The van der Waals surface area contributed by atoms with E-state index in [1.807, 2.05) is 22.8 Å². The number of para-hydroxylation sites is 1. The first-order valence-corrected chi connectivity index (χ1v) is 16.3. The van der Waals surface area contributed by atoms with Gasteiger partial charge in [-0.3, -0.25) is 28.6 Å². The molecule has 0 spiro atoms. The highest BCUT2D eigenvalue weighted by Crippen LogP contribution is 2.32. The standard InChI is InChI=1S/C36H44N2O5/c39-33(38-31-21-12-10-17-27(31)28-18-11-13-22-32(28)38)23-16-24-34(40)43-26-15-7-5-3-1-2-4-6-14-25-37-35(41)29-19-8-9-20-30(29)36(37)42/h8-10,12,17,19-21H,1-7,11,13-16,18,22-26H2. The Labute approximate surface area is 254 Å². The summed E-state index contributed by atoms with van der Waals surface area (Å²) in [4.78, 5) is 51.5. The van der Waals surface area contributed by atoms with Gasteiger partial charge in [-0.15, -0.1) is 0 Å². The first kappa shape index (κ1) is 30.7. The molecule has 43 heavy (non-hydrogen) atoms. The number of nitrogens with zero attached hydrogens (tertiary/aromatic N) is 2. The van der Waals surface area contributed by atoms with E-state index in [-0.39, 0.29) is 30.1 Å². The number of carbonyl (C=O) groups is 4. The van der Waals surface area contributed by atoms with Gasteiger partial charge in [-0.2, -0.15) is 0 Å². The van der Waals surface area contributed by atoms with Crippen LogP contribution >= 0.6 is 0 Å². The van der Waals surface area contributed by atoms with Crippen LogP contribution in [0.15, 0.2) is 48.5 Å². The predicted molar refractivity (Wildman–Crippen MR) is 167 cm³/mol. The van der Waals surface area contributed by atoms with Crippen LogP contribution in [0.25, 0.3) is 10.9 Å². The Balaban J connectivity index is 0.866. The van der Waals surface area contributed by atoms with E-state index >= 15 is 0 Å². The summed E-state index contributed by atoms with van der Waals surface area (Å²) in [5, 5.41) is 1.20. The van der Waals surface area contributed by atoms with Gasteiger partial charge in [-0.05, 0) is 68.7 Å². The lowest BCUT2D eigenvalue weighted by Gasteiger charge is -2.15. The number of imide groups is 1. The van der Waals surface area contributed by atoms with E-state index in [0.717, 1.165) is 76.1 Å². The van der Waals surface area contributed by atoms with Crippen LogP contribution in [0, 0.1) is 0 Å². The van der Waals surface area contributed by atoms with Crippen LogP contribution in [0.4, 0.5) is 0 Å². The van der Waals surface area contributed by atoms with Crippen molar-refractivity contribution in [3.05, 3.63) is 70.9 Å². The highest BCUT2D eigenvalue weighted by atomic mass is 16.5. The zero-order valence-electron chi connectivity index (χ0n) is 25.3. The topological polar surface area (TPSA) is 85.7 Å². The number of fused-ring (bicyclic) bond motifs is 4. The molecule has 3 aromatic rings. The number of rotatable bonds is 16. The molecule has 2 amide bonds. The summed E-state index contributed by atoms with van der Waals surface area (Å²) in [6, 6.07) is 15.2. The van der Waals surface area contributed by atoms with Gasteiger partial charge in [0.2, 0.25) is 5.91 Å². The molecular weight excluding hydrogens is 540 g/mol. The second-order valence-corrected chi connectivity index (χ2v) is 11.9. The van der Waals surface area contributed by atoms with Crippen LogP contribution in [0.5, 0.6) is 0 Å². The summed E-state index contributed by atoms with van der Waals surface area (Å²) in [5.74, 6) is -0.467. The average molecular weight is 585 g/mol. The molecule has 2 heterocycles. The third kappa shape index (κ3) is 7.43. The predicted octanol–water partition coefficient (Wildman–Crippen LogP) is 7.68. The molecule has 5 rings (SSSR count). The first-order valence-electron chi connectivity index (χ1n) is 16.3. The molecule has 228 valence electrons. The van der Waals surface area contributed by atoms with Crippen molar-refractivity contribution in [2.75, 3.05) is 13.2 Å². The molecule has 0 fully saturated rings. The Bertz CT molecular complexity index is 1420. The van der Waals surface area contributed by atoms with Gasteiger partial charge < -0.3 is 4.74 Å². The molecule has 0 bridgehead atoms. The molecule has 0 unspecified atom stereocenters. The fourth-order valence-electron chi connectivity index (χ4n) is 6.59. The van der Waals surface area contributed by atoms with Crippen LogP contribution in [0.1, 0.15) is 127 Å². The number of aromatic nitrogens is 1. The van der Waals surface area contributed by atoms with Gasteiger partial charge in [0.1, 0.15) is 0 Å². The normalized spacial score (nSPS) is 14.3. The SMILES string of the molecule is O=C(CCCC(=O)n1c2c(c3ccccc31)CCCC2)OCCCCCCCCCCCN1C(=O)c2ccccc2C1=O. The molecule has 7 nitrogen and oxygen atoms in total. The molecule has 1 aliphatic carbocycles. The number of hydrogen-bond donors (Lipinski definition) is 0. The van der Waals surface area contributed by atoms with Gasteiger partial charge in [0.15, 0.2) is 0 Å². The minimum Gasteiger partial charge on any atom is -0.466 e. The van der Waals surface area contributed by atoms with Crippen LogP contribution in [0.3, 0.4) is 0 Å². The number of ether oxygens (including phenoxy) is 1. The van der Waals surface area contributed by atoms with E-state index in [9.17, 15) is 19.2 Å². The van der Waals surface area contributed by atoms with E-state index in [1.54, 1.807) is 24.3 Å². The molecule has 1 aliphatic heterocycles. The maximum Gasteiger partial charge on any atom is 0.305 e. The number of unbranched alkanes of at least 4 members (excludes halogenated alkanes) is 8. The summed E-state index contributed by atoms with van der Waals surface area (Å²) in [7, 11) is 0. The molecule has 1 aromatic heterocycles. The molecule has 2 aliphatic rings. The Morgan fingerprint density at radius 2 is 1.28 bits per heavy atom. The number of carbonyl (C=O) groups excluding carboxylic acids is 4. The molecular formula is C36H44N2O5. The number of benzene rings is 2. The Kier molecular flexibility index (Phi) is 10.8. The van der Waals surface area contributed by atoms with Gasteiger partial charge >= 0.3 is 5.97 Å². The minimum atomic E-state index is -0.214. The Hall–Kier alpha value is -3.74. The number of aryl methyl sites for hydroxylation is 1. The van der Waals surface area contributed by atoms with E-state index in [2.05, 4.69) is 6.07 Å². The Morgan fingerprint density at radius 3 is 2.00 bits per heavy atom. The third-order valence-electron chi connectivity index (χ3n) is 8.87. The van der Waals surface area contributed by atoms with Gasteiger partial charge in [-0.1, -0.05) is 75.3 Å². The molecule has 0 saturated carbocycles. The van der Waals surface area contributed by atoms with Crippen molar-refractivity contribution in [1.82, 2.24) is 9.47 Å². The summed E-state index contributed by atoms with van der Waals surface area (Å²) in [6.45, 7) is 0.938. The minimum absolute atomic E-state index is 0.0786. The Morgan fingerprint density at radius 1 is 0.674 bits per heavy atom. The first-order chi connectivity index (χ1) is 21.1. The highest BCUT2D eigenvalue weighted by molar-refractivity contribution is 6.21. The zero-order valence-corrected chi connectivity index (χ0v) is 25.3. The van der Waals surface area contributed by atoms with E-state index in [4.69, 9.17) is 4.74 Å². The highest BCUT2D eigenvalue weighted by Gasteiger charge is 2.34. The van der Waals surface area contributed by atoms with Crippen molar-refractivity contribution in [3.63, 3.8) is 0 Å². The zero-order chi connectivity index (χ0) is 30.0. The summed E-state index contributed by atoms with van der Waals surface area (Å²) < 4.78 is 7.33. The van der Waals surface area contributed by atoms with Crippen molar-refractivity contribution >= 4 is 34.6 Å². The molecule has 0 atom stereocenters. The van der Waals surface area contributed by atoms with Crippen molar-refractivity contribution in [3.8, 4) is 0 Å². The smallest absolute Gasteiger partial charge is 0.305 e. The largest absolute Gasteiger partial charge is 0.466 e. The fourth-order valence-corrected chi connectivity index (χ4v) is 6.59. The van der Waals surface area contributed by atoms with Crippen molar-refractivity contribution in [2.24, 2.45) is 0 Å². The lowest BCUT2D eigenvalue weighted by Crippen LogP contribution is -2.30. The van der Waals surface area contributed by atoms with Gasteiger partial charge in [-0.25, -0.2) is 0 Å². The molecule has 2 aromatic carbocycles. The molecule has 0 N–H and O–H groups in total. The lowest BCUT2D eigenvalue weighted by molar-refractivity contribution is -0.143.